The number of nitrogens with zero attached hydrogens (tertiary/aromatic N) is 3. The van der Waals surface area contributed by atoms with Crippen LogP contribution < -0.4 is 10.6 Å². The SMILES string of the molecule is CC.CCNC(=O)Nc1nc2c([C@H]3CCCO3)cc(-c3cnc(C(C)(C)O)nc3)cc2[nH]1. The van der Waals surface area contributed by atoms with E-state index >= 15 is 0 Å². The Kier molecular flexibility index (Phi) is 7.42. The lowest BCUT2D eigenvalue weighted by Gasteiger charge is -2.16. The number of rotatable bonds is 5. The van der Waals surface area contributed by atoms with Crippen LogP contribution in [0.2, 0.25) is 0 Å². The smallest absolute Gasteiger partial charge is 0.321 e. The molecular weight excluding hydrogens is 408 g/mol. The monoisotopic (exact) mass is 440 g/mol. The van der Waals surface area contributed by atoms with Crippen molar-refractivity contribution < 1.29 is 14.6 Å². The molecule has 0 unspecified atom stereocenters. The summed E-state index contributed by atoms with van der Waals surface area (Å²) >= 11 is 0. The highest BCUT2D eigenvalue weighted by atomic mass is 16.5. The number of aromatic amines is 1. The van der Waals surface area contributed by atoms with Crippen molar-refractivity contribution >= 4 is 23.0 Å². The molecule has 1 aliphatic heterocycles. The Balaban J connectivity index is 0.00000141. The number of aliphatic hydroxyl groups is 1. The van der Waals surface area contributed by atoms with E-state index in [2.05, 4.69) is 30.6 Å². The zero-order valence-corrected chi connectivity index (χ0v) is 19.3. The third kappa shape index (κ3) is 5.23. The fourth-order valence-corrected chi connectivity index (χ4v) is 3.54. The Labute approximate surface area is 188 Å². The summed E-state index contributed by atoms with van der Waals surface area (Å²) in [6.45, 7) is 10.4. The Morgan fingerprint density at radius 3 is 2.56 bits per heavy atom. The van der Waals surface area contributed by atoms with Crippen LogP contribution in [0.3, 0.4) is 0 Å². The van der Waals surface area contributed by atoms with E-state index in [1.54, 1.807) is 26.2 Å². The van der Waals surface area contributed by atoms with Crippen LogP contribution in [0.15, 0.2) is 24.5 Å². The van der Waals surface area contributed by atoms with Crippen molar-refractivity contribution in [3.63, 3.8) is 0 Å². The third-order valence-electron chi connectivity index (χ3n) is 4.99. The number of fused-ring (bicyclic) bond motifs is 1. The Morgan fingerprint density at radius 2 is 1.97 bits per heavy atom. The molecule has 4 N–H and O–H groups in total. The van der Waals surface area contributed by atoms with Crippen molar-refractivity contribution in [2.75, 3.05) is 18.5 Å². The number of urea groups is 1. The molecule has 1 atom stereocenters. The molecule has 3 aromatic rings. The number of hydrogen-bond donors (Lipinski definition) is 4. The first kappa shape index (κ1) is 23.6. The number of amides is 2. The van der Waals surface area contributed by atoms with Gasteiger partial charge in [-0.1, -0.05) is 13.8 Å². The number of carbonyl (C=O) groups excluding carboxylic acids is 1. The van der Waals surface area contributed by atoms with Crippen molar-refractivity contribution in [2.24, 2.45) is 0 Å². The van der Waals surface area contributed by atoms with Crippen LogP contribution in [-0.2, 0) is 10.3 Å². The molecule has 1 fully saturated rings. The maximum atomic E-state index is 11.9. The average molecular weight is 441 g/mol. The molecule has 1 aromatic carbocycles. The van der Waals surface area contributed by atoms with E-state index in [1.165, 1.54) is 0 Å². The first-order valence-electron chi connectivity index (χ1n) is 11.1. The first-order chi connectivity index (χ1) is 15.3. The van der Waals surface area contributed by atoms with Gasteiger partial charge in [0, 0.05) is 36.7 Å². The second-order valence-electron chi connectivity index (χ2n) is 7.89. The van der Waals surface area contributed by atoms with Crippen molar-refractivity contribution in [1.82, 2.24) is 25.3 Å². The van der Waals surface area contributed by atoms with Crippen LogP contribution in [0.4, 0.5) is 10.7 Å². The van der Waals surface area contributed by atoms with E-state index < -0.39 is 5.60 Å². The maximum Gasteiger partial charge on any atom is 0.321 e. The van der Waals surface area contributed by atoms with E-state index in [4.69, 9.17) is 4.74 Å². The number of hydrogen-bond acceptors (Lipinski definition) is 6. The molecule has 1 saturated heterocycles. The topological polar surface area (TPSA) is 125 Å². The average Bonchev–Trinajstić information content (AvgIpc) is 3.44. The summed E-state index contributed by atoms with van der Waals surface area (Å²) in [5, 5.41) is 15.5. The minimum atomic E-state index is -1.10. The molecule has 0 radical (unpaired) electrons. The van der Waals surface area contributed by atoms with Gasteiger partial charge in [-0.25, -0.2) is 19.7 Å². The molecule has 9 nitrogen and oxygen atoms in total. The quantitative estimate of drug-likeness (QED) is 0.470. The number of anilines is 1. The lowest BCUT2D eigenvalue weighted by Crippen LogP contribution is -2.28. The number of H-pyrrole nitrogens is 1. The molecule has 0 spiro atoms. The minimum Gasteiger partial charge on any atom is -0.382 e. The van der Waals surface area contributed by atoms with E-state index in [-0.39, 0.29) is 12.1 Å². The van der Waals surface area contributed by atoms with E-state index in [0.717, 1.165) is 40.6 Å². The van der Waals surface area contributed by atoms with Crippen LogP contribution in [0.5, 0.6) is 0 Å². The highest BCUT2D eigenvalue weighted by Gasteiger charge is 2.24. The molecule has 3 heterocycles. The number of carbonyl (C=O) groups is 1. The van der Waals surface area contributed by atoms with Gasteiger partial charge in [0.25, 0.3) is 0 Å². The highest BCUT2D eigenvalue weighted by molar-refractivity contribution is 5.92. The number of nitrogens with one attached hydrogen (secondary N) is 3. The maximum absolute atomic E-state index is 11.9. The molecule has 9 heteroatoms. The van der Waals surface area contributed by atoms with Crippen molar-refractivity contribution in [3.05, 3.63) is 35.9 Å². The van der Waals surface area contributed by atoms with Crippen LogP contribution in [0.25, 0.3) is 22.2 Å². The molecule has 2 aromatic heterocycles. The van der Waals surface area contributed by atoms with Crippen molar-refractivity contribution in [2.45, 2.75) is 59.2 Å². The lowest BCUT2D eigenvalue weighted by atomic mass is 9.99. The predicted molar refractivity (Wildman–Crippen MR) is 124 cm³/mol. The molecule has 0 bridgehead atoms. The van der Waals surface area contributed by atoms with Crippen molar-refractivity contribution in [3.8, 4) is 11.1 Å². The number of imidazole rings is 1. The lowest BCUT2D eigenvalue weighted by molar-refractivity contribution is 0.0687. The van der Waals surface area contributed by atoms with Gasteiger partial charge in [0.05, 0.1) is 17.1 Å². The normalized spacial score (nSPS) is 15.9. The van der Waals surface area contributed by atoms with Crippen LogP contribution >= 0.6 is 0 Å². The van der Waals surface area contributed by atoms with Gasteiger partial charge in [0.1, 0.15) is 5.60 Å². The largest absolute Gasteiger partial charge is 0.382 e. The van der Waals surface area contributed by atoms with Crippen LogP contribution in [-0.4, -0.2) is 44.2 Å². The third-order valence-corrected chi connectivity index (χ3v) is 4.99. The number of aromatic nitrogens is 4. The summed E-state index contributed by atoms with van der Waals surface area (Å²) in [6, 6.07) is 3.68. The predicted octanol–water partition coefficient (Wildman–Crippen LogP) is 4.27. The van der Waals surface area contributed by atoms with Gasteiger partial charge in [0.15, 0.2) is 5.82 Å². The fourth-order valence-electron chi connectivity index (χ4n) is 3.54. The number of ether oxygens (including phenoxy) is 1. The highest BCUT2D eigenvalue weighted by Crippen LogP contribution is 2.36. The summed E-state index contributed by atoms with van der Waals surface area (Å²) in [5.74, 6) is 0.739. The second kappa shape index (κ2) is 10.1. The van der Waals surface area contributed by atoms with Gasteiger partial charge in [-0.3, -0.25) is 5.32 Å². The van der Waals surface area contributed by atoms with Gasteiger partial charge in [-0.05, 0) is 51.3 Å². The summed E-state index contributed by atoms with van der Waals surface area (Å²) in [6.07, 6.45) is 5.26. The van der Waals surface area contributed by atoms with E-state index in [1.807, 2.05) is 32.9 Å². The van der Waals surface area contributed by atoms with Crippen LogP contribution in [0, 0.1) is 0 Å². The standard InChI is InChI=1S/C21H26N6O3.C2H6/c1-4-22-20(28)27-19-25-15-9-12(13-10-23-18(24-11-13)21(2,3)29)8-14(17(15)26-19)16-6-5-7-30-16;1-2/h8-11,16,29H,4-7H2,1-3H3,(H3,22,25,26,27,28);1-2H3/t16-;/m1./s1. The van der Waals surface area contributed by atoms with Crippen LogP contribution in [0.1, 0.15) is 65.0 Å². The Bertz CT molecular complexity index is 1050. The molecule has 4 rings (SSSR count). The summed E-state index contributed by atoms with van der Waals surface area (Å²) in [4.78, 5) is 28.3. The Morgan fingerprint density at radius 1 is 1.25 bits per heavy atom. The zero-order valence-electron chi connectivity index (χ0n) is 19.3. The molecular formula is C23H32N6O3. The fraction of sp³-hybridized carbons (Fsp3) is 0.478. The summed E-state index contributed by atoms with van der Waals surface area (Å²) < 4.78 is 5.91. The second-order valence-corrected chi connectivity index (χ2v) is 7.89. The van der Waals surface area contributed by atoms with Gasteiger partial charge in [0.2, 0.25) is 5.95 Å². The minimum absolute atomic E-state index is 0.0513. The number of benzene rings is 1. The molecule has 0 aliphatic carbocycles. The van der Waals surface area contributed by atoms with Gasteiger partial charge in [-0.2, -0.15) is 0 Å². The molecule has 0 saturated carbocycles. The zero-order chi connectivity index (χ0) is 23.3. The molecule has 2 amide bonds. The van der Waals surface area contributed by atoms with Gasteiger partial charge in [-0.15, -0.1) is 0 Å². The first-order valence-corrected chi connectivity index (χ1v) is 11.1. The molecule has 32 heavy (non-hydrogen) atoms. The Hall–Kier alpha value is -3.04. The summed E-state index contributed by atoms with van der Waals surface area (Å²) in [5.41, 5.74) is 3.14. The van der Waals surface area contributed by atoms with E-state index in [9.17, 15) is 9.90 Å². The molecule has 1 aliphatic rings. The van der Waals surface area contributed by atoms with Gasteiger partial charge < -0.3 is 20.1 Å². The van der Waals surface area contributed by atoms with Crippen molar-refractivity contribution in [1.29, 1.82) is 0 Å². The summed E-state index contributed by atoms with van der Waals surface area (Å²) in [7, 11) is 0. The van der Waals surface area contributed by atoms with E-state index in [0.29, 0.717) is 24.9 Å². The van der Waals surface area contributed by atoms with Gasteiger partial charge >= 0.3 is 6.03 Å². The molecule has 172 valence electrons.